The van der Waals surface area contributed by atoms with Gasteiger partial charge in [-0.2, -0.15) is 0 Å². The van der Waals surface area contributed by atoms with Crippen LogP contribution in [0.15, 0.2) is 161 Å². The molecule has 7 N–H and O–H groups in total. The van der Waals surface area contributed by atoms with Crippen LogP contribution in [0.25, 0.3) is 11.3 Å². The number of hydrogen-bond acceptors (Lipinski definition) is 14. The quantitative estimate of drug-likeness (QED) is 0.0368. The maximum atomic E-state index is 13.0. The Bertz CT molecular complexity index is 3080. The summed E-state index contributed by atoms with van der Waals surface area (Å²) in [5, 5.41) is 32.1. The topological polar surface area (TPSA) is 229 Å². The van der Waals surface area contributed by atoms with Crippen molar-refractivity contribution < 1.29 is 47.8 Å². The van der Waals surface area contributed by atoms with Crippen LogP contribution in [0.2, 0.25) is 0 Å². The summed E-state index contributed by atoms with van der Waals surface area (Å²) < 4.78 is 38.1. The molecule has 22 heteroatoms. The van der Waals surface area contributed by atoms with Crippen molar-refractivity contribution >= 4 is 62.2 Å². The summed E-state index contributed by atoms with van der Waals surface area (Å²) in [6.07, 6.45) is 11.9. The van der Waals surface area contributed by atoms with E-state index in [1.54, 1.807) is 60.7 Å². The standard InChI is InChI=1S/C25H26FN3O2.C13H18BrN3O.C12H10BFO3.C7H16N2.C6H4BrNO2/c26-20-9-13-22(14-10-20)31-21-11-7-19(8-12-21)23-5-4-6-24(28-23)25(30)27-15-18-29-16-2-1-3-17-29;14-12-6-4-5-11(16-12)13(18)15-7-10-17-8-2-1-3-9-17;14-10-3-7-12(8-4-10)17-11-5-1-9(2-6-11)13(15)16;8-4-7-9-5-2-1-3-6-9;7-5-3-1-2-4(8-5)6(9)10/h4-14H,1-3,15-18H2,(H,27,30);4-6H,1-3,7-10H2,(H,15,18);1-8,15-16H;1-8H2;1-3H,(H,9,10). The number of amides is 2. The van der Waals surface area contributed by atoms with Gasteiger partial charge in [-0.05, 0) is 236 Å². The minimum absolute atomic E-state index is 0.0503. The van der Waals surface area contributed by atoms with Gasteiger partial charge in [0.1, 0.15) is 60.9 Å². The Balaban J connectivity index is 0.000000184. The van der Waals surface area contributed by atoms with E-state index >= 15 is 0 Å². The minimum Gasteiger partial charge on any atom is -0.477 e. The lowest BCUT2D eigenvalue weighted by atomic mass is 9.80. The van der Waals surface area contributed by atoms with Crippen LogP contribution in [0, 0.1) is 11.6 Å². The van der Waals surface area contributed by atoms with Gasteiger partial charge in [-0.3, -0.25) is 9.59 Å². The highest BCUT2D eigenvalue weighted by molar-refractivity contribution is 9.10. The van der Waals surface area contributed by atoms with Crippen molar-refractivity contribution in [2.45, 2.75) is 57.8 Å². The number of carbonyl (C=O) groups is 3. The van der Waals surface area contributed by atoms with Gasteiger partial charge in [0, 0.05) is 44.8 Å². The maximum Gasteiger partial charge on any atom is 0.488 e. The molecule has 85 heavy (non-hydrogen) atoms. The summed E-state index contributed by atoms with van der Waals surface area (Å²) in [6.45, 7) is 12.1. The van der Waals surface area contributed by atoms with Crippen molar-refractivity contribution in [3.63, 3.8) is 0 Å². The summed E-state index contributed by atoms with van der Waals surface area (Å²) in [4.78, 5) is 54.2. The zero-order valence-corrected chi connectivity index (χ0v) is 50.7. The molecule has 4 aromatic carbocycles. The van der Waals surface area contributed by atoms with E-state index in [-0.39, 0.29) is 29.1 Å². The number of carboxylic acids is 1. The Morgan fingerprint density at radius 3 is 1.25 bits per heavy atom. The molecule has 6 heterocycles. The van der Waals surface area contributed by atoms with E-state index in [1.807, 2.05) is 48.5 Å². The Morgan fingerprint density at radius 2 is 0.859 bits per heavy atom. The normalized spacial score (nSPS) is 14.2. The highest BCUT2D eigenvalue weighted by Gasteiger charge is 2.15. The molecule has 0 spiro atoms. The van der Waals surface area contributed by atoms with Gasteiger partial charge in [0.2, 0.25) is 0 Å². The van der Waals surface area contributed by atoms with Gasteiger partial charge in [-0.15, -0.1) is 0 Å². The van der Waals surface area contributed by atoms with Crippen molar-refractivity contribution in [1.82, 2.24) is 40.3 Å². The van der Waals surface area contributed by atoms with Gasteiger partial charge < -0.3 is 55.7 Å². The van der Waals surface area contributed by atoms with Gasteiger partial charge in [0.15, 0.2) is 0 Å². The first-order valence-electron chi connectivity index (χ1n) is 28.5. The van der Waals surface area contributed by atoms with Crippen molar-refractivity contribution in [2.75, 3.05) is 78.5 Å². The fourth-order valence-electron chi connectivity index (χ4n) is 9.03. The number of carboxylic acid groups (broad SMARTS) is 1. The van der Waals surface area contributed by atoms with Crippen molar-refractivity contribution in [3.05, 3.63) is 190 Å². The number of ether oxygens (including phenoxy) is 2. The van der Waals surface area contributed by atoms with Crippen LogP contribution in [0.4, 0.5) is 8.78 Å². The first-order chi connectivity index (χ1) is 41.2. The second-order valence-electron chi connectivity index (χ2n) is 20.0. The fourth-order valence-corrected chi connectivity index (χ4v) is 9.72. The number of hydrogen-bond donors (Lipinski definition) is 6. The predicted octanol–water partition coefficient (Wildman–Crippen LogP) is 10.2. The monoisotopic (exact) mass is 1290 g/mol. The third kappa shape index (κ3) is 25.6. The number of nitrogens with one attached hydrogen (secondary N) is 2. The van der Waals surface area contributed by atoms with Crippen LogP contribution in [-0.4, -0.2) is 148 Å². The zero-order chi connectivity index (χ0) is 60.6. The van der Waals surface area contributed by atoms with E-state index in [0.717, 1.165) is 63.6 Å². The predicted molar refractivity (Wildman–Crippen MR) is 334 cm³/mol. The Labute approximate surface area is 513 Å². The van der Waals surface area contributed by atoms with Gasteiger partial charge >= 0.3 is 13.1 Å². The van der Waals surface area contributed by atoms with Gasteiger partial charge in [0.25, 0.3) is 11.8 Å². The lowest BCUT2D eigenvalue weighted by Crippen LogP contribution is -2.37. The number of nitrogens with two attached hydrogens (primary N) is 1. The number of likely N-dealkylation sites (tertiary alicyclic amines) is 3. The fraction of sp³-hybridized carbons (Fsp3) is 0.333. The van der Waals surface area contributed by atoms with E-state index in [0.29, 0.717) is 62.1 Å². The third-order valence-electron chi connectivity index (χ3n) is 13.5. The Morgan fingerprint density at radius 1 is 0.494 bits per heavy atom. The molecular formula is C63H74BBr2F2N9O8. The lowest BCUT2D eigenvalue weighted by molar-refractivity contribution is 0.0689. The summed E-state index contributed by atoms with van der Waals surface area (Å²) in [5.74, 6) is 0.368. The molecule has 0 saturated carbocycles. The first-order valence-corrected chi connectivity index (χ1v) is 30.1. The number of rotatable bonds is 17. The maximum absolute atomic E-state index is 13.0. The summed E-state index contributed by atoms with van der Waals surface area (Å²) in [5.41, 5.74) is 8.32. The molecule has 0 aliphatic carbocycles. The van der Waals surface area contributed by atoms with E-state index in [9.17, 15) is 23.2 Å². The molecule has 7 aromatic rings. The number of piperidine rings is 3. The minimum atomic E-state index is -1.49. The van der Waals surface area contributed by atoms with Crippen molar-refractivity contribution in [3.8, 4) is 34.3 Å². The number of benzene rings is 4. The van der Waals surface area contributed by atoms with Crippen LogP contribution in [0.5, 0.6) is 23.0 Å². The molecule has 0 radical (unpaired) electrons. The molecule has 0 bridgehead atoms. The second kappa shape index (κ2) is 37.4. The third-order valence-corrected chi connectivity index (χ3v) is 14.4. The number of carbonyl (C=O) groups excluding carboxylic acids is 2. The Hall–Kier alpha value is -7.02. The molecule has 3 aliphatic heterocycles. The largest absolute Gasteiger partial charge is 0.488 e. The molecule has 3 saturated heterocycles. The lowest BCUT2D eigenvalue weighted by Gasteiger charge is -2.26. The number of halogens is 4. The number of nitrogens with zero attached hydrogens (tertiary/aromatic N) is 6. The molecule has 450 valence electrons. The Kier molecular flexibility index (Phi) is 29.5. The highest BCUT2D eigenvalue weighted by Crippen LogP contribution is 2.26. The molecule has 3 aromatic heterocycles. The number of pyridine rings is 3. The summed E-state index contributed by atoms with van der Waals surface area (Å²) in [6, 6.07) is 40.8. The van der Waals surface area contributed by atoms with E-state index in [4.69, 9.17) is 30.4 Å². The average molecular weight is 1290 g/mol. The van der Waals surface area contributed by atoms with Crippen molar-refractivity contribution in [1.29, 1.82) is 0 Å². The van der Waals surface area contributed by atoms with E-state index in [1.165, 1.54) is 113 Å². The van der Waals surface area contributed by atoms with Crippen LogP contribution >= 0.6 is 31.9 Å². The van der Waals surface area contributed by atoms with Crippen LogP contribution in [0.1, 0.15) is 89.3 Å². The SMILES string of the molecule is NCCN1CCCCC1.O=C(NCCN1CCCCC1)c1cccc(-c2ccc(Oc3ccc(F)cc3)cc2)n1.O=C(NCCN1CCCCC1)c1cccc(Br)n1.O=C(O)c1cccc(Br)n1.OB(O)c1ccc(Oc2ccc(F)cc2)cc1. The smallest absolute Gasteiger partial charge is 0.477 e. The van der Waals surface area contributed by atoms with Gasteiger partial charge in [-0.1, -0.05) is 49.6 Å². The first kappa shape index (κ1) is 67.1. The van der Waals surface area contributed by atoms with E-state index < -0.39 is 13.1 Å². The molecule has 0 atom stereocenters. The molecule has 17 nitrogen and oxygen atoms in total. The van der Waals surface area contributed by atoms with Gasteiger partial charge in [0.05, 0.1) is 5.69 Å². The molecule has 10 rings (SSSR count). The molecule has 3 fully saturated rings. The van der Waals surface area contributed by atoms with Gasteiger partial charge in [-0.25, -0.2) is 28.5 Å². The summed E-state index contributed by atoms with van der Waals surface area (Å²) in [7, 11) is -1.49. The molecule has 2 amide bonds. The average Bonchev–Trinajstić information content (AvgIpc) is 3.63. The van der Waals surface area contributed by atoms with E-state index in [2.05, 4.69) is 72.1 Å². The summed E-state index contributed by atoms with van der Waals surface area (Å²) >= 11 is 6.32. The van der Waals surface area contributed by atoms with Crippen LogP contribution in [-0.2, 0) is 0 Å². The van der Waals surface area contributed by atoms with Crippen LogP contribution < -0.4 is 31.3 Å². The number of aromatic nitrogens is 3. The van der Waals surface area contributed by atoms with Crippen LogP contribution in [0.3, 0.4) is 0 Å². The molecule has 0 unspecified atom stereocenters. The zero-order valence-electron chi connectivity index (χ0n) is 47.5. The molecule has 3 aliphatic rings. The number of aromatic carboxylic acids is 1. The highest BCUT2D eigenvalue weighted by atomic mass is 79.9. The second-order valence-corrected chi connectivity index (χ2v) is 21.6. The van der Waals surface area contributed by atoms with Crippen molar-refractivity contribution in [2.24, 2.45) is 5.73 Å². The molecular weight excluding hydrogens is 1220 g/mol.